The molecule has 234 valence electrons. The normalized spacial score (nSPS) is 13.2. The molecule has 0 radical (unpaired) electrons. The van der Waals surface area contributed by atoms with Crippen LogP contribution in [0.5, 0.6) is 0 Å². The molecule has 0 aromatic heterocycles. The summed E-state index contributed by atoms with van der Waals surface area (Å²) in [6.45, 7) is 2.26. The second kappa shape index (κ2) is 12.4. The highest BCUT2D eigenvalue weighted by Gasteiger charge is 2.19. The van der Waals surface area contributed by atoms with Gasteiger partial charge in [0.25, 0.3) is 0 Å². The Hall–Kier alpha value is -5.06. The van der Waals surface area contributed by atoms with E-state index in [1.165, 1.54) is 106 Å². The van der Waals surface area contributed by atoms with Crippen LogP contribution in [0.3, 0.4) is 0 Å². The molecule has 1 atom stereocenters. The van der Waals surface area contributed by atoms with E-state index in [2.05, 4.69) is 180 Å². The third-order valence-corrected chi connectivity index (χ3v) is 11.5. The van der Waals surface area contributed by atoms with Crippen molar-refractivity contribution in [2.45, 2.75) is 23.7 Å². The van der Waals surface area contributed by atoms with Gasteiger partial charge in [0.05, 0.1) is 0 Å². The van der Waals surface area contributed by atoms with Gasteiger partial charge in [0.2, 0.25) is 0 Å². The zero-order chi connectivity index (χ0) is 32.9. The van der Waals surface area contributed by atoms with Gasteiger partial charge in [0.1, 0.15) is 0 Å². The number of benzene rings is 8. The van der Waals surface area contributed by atoms with Gasteiger partial charge in [-0.2, -0.15) is 0 Å². The van der Waals surface area contributed by atoms with E-state index < -0.39 is 0 Å². The van der Waals surface area contributed by atoms with E-state index in [4.69, 9.17) is 0 Å². The predicted octanol–water partition coefficient (Wildman–Crippen LogP) is 14.0. The van der Waals surface area contributed by atoms with Crippen molar-refractivity contribution in [3.8, 4) is 33.4 Å². The number of aliphatic imine (C=N–C) groups is 1. The lowest BCUT2D eigenvalue weighted by molar-refractivity contribution is 0.800. The number of hydrogen-bond donors (Lipinski definition) is 0. The maximum absolute atomic E-state index is 4.14. The molecule has 0 bridgehead atoms. The van der Waals surface area contributed by atoms with Crippen LogP contribution in [0.2, 0.25) is 0 Å². The lowest BCUT2D eigenvalue weighted by atomic mass is 9.84. The van der Waals surface area contributed by atoms with Gasteiger partial charge < -0.3 is 0 Å². The van der Waals surface area contributed by atoms with E-state index >= 15 is 0 Å². The molecule has 0 saturated carbocycles. The summed E-state index contributed by atoms with van der Waals surface area (Å²) in [6.07, 6.45) is 6.24. The number of nitrogens with zero attached hydrogens (tertiary/aromatic N) is 1. The molecule has 49 heavy (non-hydrogen) atoms. The molecular formula is C47H34IN. The van der Waals surface area contributed by atoms with Crippen LogP contribution in [-0.4, -0.2) is 6.21 Å². The Balaban J connectivity index is 1.24. The molecule has 0 amide bonds. The smallest absolute Gasteiger partial charge is 0.0362 e. The third-order valence-electron chi connectivity index (χ3n) is 10.1. The van der Waals surface area contributed by atoms with Crippen LogP contribution in [0, 0.1) is 0 Å². The SMILES string of the molecule is CCCC(I)c1ccc2cc(-c3c4ccccc4c(-c4cccc5c(-c6ccc(C7=CN=C7)cc6)cccc45)c4ccccc34)ccc2c1. The Morgan fingerprint density at radius 2 is 1.04 bits per heavy atom. The molecule has 0 spiro atoms. The van der Waals surface area contributed by atoms with E-state index in [9.17, 15) is 0 Å². The molecule has 0 aliphatic carbocycles. The molecule has 9 rings (SSSR count). The van der Waals surface area contributed by atoms with E-state index in [1.807, 2.05) is 12.4 Å². The minimum Gasteiger partial charge on any atom is -0.263 e. The zero-order valence-corrected chi connectivity index (χ0v) is 29.5. The standard InChI is InChI=1S/C47H34IN/c1-2-9-45(48)34-24-22-33-27-35(25-23-32(33)26-34)46-41-10-3-5-12-43(41)47(44-13-6-4-11-42(44)46)40-17-8-15-38-37(14-7-16-39(38)40)31-20-18-30(19-21-31)36-28-49-29-36/h3-8,10-29,45H,2,9H2,1H3. The van der Waals surface area contributed by atoms with Crippen molar-refractivity contribution in [1.29, 1.82) is 0 Å². The Morgan fingerprint density at radius 1 is 0.510 bits per heavy atom. The van der Waals surface area contributed by atoms with E-state index in [-0.39, 0.29) is 0 Å². The van der Waals surface area contributed by atoms with Crippen LogP contribution >= 0.6 is 22.6 Å². The fourth-order valence-electron chi connectivity index (χ4n) is 7.68. The van der Waals surface area contributed by atoms with Crippen molar-refractivity contribution in [2.24, 2.45) is 4.99 Å². The average molecular weight is 740 g/mol. The highest BCUT2D eigenvalue weighted by molar-refractivity contribution is 14.1. The van der Waals surface area contributed by atoms with Crippen molar-refractivity contribution in [2.75, 3.05) is 0 Å². The number of alkyl halides is 1. The summed E-state index contributed by atoms with van der Waals surface area (Å²) in [5.41, 5.74) is 11.4. The molecule has 8 aromatic carbocycles. The monoisotopic (exact) mass is 739 g/mol. The van der Waals surface area contributed by atoms with Crippen LogP contribution in [-0.2, 0) is 0 Å². The van der Waals surface area contributed by atoms with Crippen LogP contribution in [0.4, 0.5) is 0 Å². The fraction of sp³-hybridized carbons (Fsp3) is 0.0851. The highest BCUT2D eigenvalue weighted by atomic mass is 127. The molecule has 8 aromatic rings. The largest absolute Gasteiger partial charge is 0.263 e. The number of allylic oxidation sites excluding steroid dienone is 1. The first-order valence-corrected chi connectivity index (χ1v) is 18.4. The topological polar surface area (TPSA) is 12.4 Å². The Labute approximate surface area is 300 Å². The Morgan fingerprint density at radius 3 is 1.67 bits per heavy atom. The Kier molecular flexibility index (Phi) is 7.62. The van der Waals surface area contributed by atoms with E-state index in [0.29, 0.717) is 3.92 Å². The summed E-state index contributed by atoms with van der Waals surface area (Å²) >= 11 is 2.59. The average Bonchev–Trinajstić information content (AvgIpc) is 3.13. The molecule has 0 fully saturated rings. The summed E-state index contributed by atoms with van der Waals surface area (Å²) in [6, 6.07) is 54.4. The van der Waals surface area contributed by atoms with Gasteiger partial charge >= 0.3 is 0 Å². The number of halogens is 1. The third kappa shape index (κ3) is 5.17. The van der Waals surface area contributed by atoms with Gasteiger partial charge in [-0.3, -0.25) is 4.99 Å². The summed E-state index contributed by atoms with van der Waals surface area (Å²) in [5.74, 6) is 0. The van der Waals surface area contributed by atoms with Crippen LogP contribution in [0.15, 0.2) is 157 Å². The van der Waals surface area contributed by atoms with Crippen molar-refractivity contribution in [3.63, 3.8) is 0 Å². The van der Waals surface area contributed by atoms with Crippen molar-refractivity contribution in [1.82, 2.24) is 0 Å². The predicted molar refractivity (Wildman–Crippen MR) is 221 cm³/mol. The summed E-state index contributed by atoms with van der Waals surface area (Å²) in [7, 11) is 0. The first-order chi connectivity index (χ1) is 24.2. The van der Waals surface area contributed by atoms with Gasteiger partial charge in [0, 0.05) is 21.9 Å². The van der Waals surface area contributed by atoms with Crippen molar-refractivity contribution >= 4 is 77.5 Å². The quantitative estimate of drug-likeness (QED) is 0.0877. The molecular weight excluding hydrogens is 705 g/mol. The number of fused-ring (bicyclic) bond motifs is 4. The summed E-state index contributed by atoms with van der Waals surface area (Å²) < 4.78 is 0.545. The van der Waals surface area contributed by atoms with Gasteiger partial charge in [-0.25, -0.2) is 0 Å². The Bertz CT molecular complexity index is 2570. The summed E-state index contributed by atoms with van der Waals surface area (Å²) in [4.78, 5) is 4.14. The number of hydrogen-bond acceptors (Lipinski definition) is 1. The first kappa shape index (κ1) is 30.0. The van der Waals surface area contributed by atoms with Crippen LogP contribution < -0.4 is 0 Å². The maximum Gasteiger partial charge on any atom is 0.0362 e. The molecule has 0 N–H and O–H groups in total. The van der Waals surface area contributed by atoms with Crippen LogP contribution in [0.1, 0.15) is 34.8 Å². The highest BCUT2D eigenvalue weighted by Crippen LogP contribution is 2.46. The van der Waals surface area contributed by atoms with Gasteiger partial charge in [-0.1, -0.05) is 175 Å². The fourth-order valence-corrected chi connectivity index (χ4v) is 8.69. The van der Waals surface area contributed by atoms with E-state index in [0.717, 1.165) is 0 Å². The zero-order valence-electron chi connectivity index (χ0n) is 27.3. The van der Waals surface area contributed by atoms with Gasteiger partial charge in [-0.15, -0.1) is 0 Å². The molecule has 1 aliphatic rings. The minimum absolute atomic E-state index is 0.545. The lowest BCUT2D eigenvalue weighted by Gasteiger charge is -2.19. The molecule has 1 nitrogen and oxygen atoms in total. The van der Waals surface area contributed by atoms with Gasteiger partial charge in [-0.05, 0) is 100 Å². The maximum atomic E-state index is 4.14. The first-order valence-electron chi connectivity index (χ1n) is 17.2. The summed E-state index contributed by atoms with van der Waals surface area (Å²) in [5, 5.41) is 10.2. The van der Waals surface area contributed by atoms with E-state index in [1.54, 1.807) is 0 Å². The van der Waals surface area contributed by atoms with Crippen molar-refractivity contribution in [3.05, 3.63) is 163 Å². The van der Waals surface area contributed by atoms with Gasteiger partial charge in [0.15, 0.2) is 0 Å². The molecule has 1 aliphatic heterocycles. The molecule has 1 heterocycles. The van der Waals surface area contributed by atoms with Crippen molar-refractivity contribution < 1.29 is 0 Å². The molecule has 1 unspecified atom stereocenters. The molecule has 2 heteroatoms. The lowest BCUT2D eigenvalue weighted by Crippen LogP contribution is -1.93. The second-order valence-electron chi connectivity index (χ2n) is 13.1. The molecule has 0 saturated heterocycles. The van der Waals surface area contributed by atoms with Crippen LogP contribution in [0.25, 0.3) is 82.0 Å². The minimum atomic E-state index is 0.545. The second-order valence-corrected chi connectivity index (χ2v) is 14.6. The number of rotatable bonds is 7.